The summed E-state index contributed by atoms with van der Waals surface area (Å²) in [6.45, 7) is 2.14. The summed E-state index contributed by atoms with van der Waals surface area (Å²) in [5.74, 6) is 0.424. The third-order valence-electron chi connectivity index (χ3n) is 2.07. The smallest absolute Gasteiger partial charge is 0.318 e. The average Bonchev–Trinajstić information content (AvgIpc) is 2.10. The van der Waals surface area contributed by atoms with Crippen LogP contribution in [0.2, 0.25) is 0 Å². The fourth-order valence-electron chi connectivity index (χ4n) is 1.21. The first-order valence-electron chi connectivity index (χ1n) is 4.87. The van der Waals surface area contributed by atoms with Crippen LogP contribution in [0.1, 0.15) is 45.4 Å². The van der Waals surface area contributed by atoms with Gasteiger partial charge < -0.3 is 5.11 Å². The van der Waals surface area contributed by atoms with Gasteiger partial charge in [0.15, 0.2) is 0 Å². The fraction of sp³-hybridized carbons (Fsp3) is 0.727. The van der Waals surface area contributed by atoms with Gasteiger partial charge in [-0.15, -0.1) is 0 Å². The summed E-state index contributed by atoms with van der Waals surface area (Å²) in [6.07, 6.45) is 12.9. The molecule has 0 aliphatic rings. The summed E-state index contributed by atoms with van der Waals surface area (Å²) in [5, 5.41) is 8.59. The van der Waals surface area contributed by atoms with Crippen molar-refractivity contribution in [1.29, 1.82) is 0 Å². The summed E-state index contributed by atoms with van der Waals surface area (Å²) in [7, 11) is 0. The molecule has 1 radical (unpaired) electrons. The van der Waals surface area contributed by atoms with E-state index in [-0.39, 0.29) is 0 Å². The molecule has 1 N–H and O–H groups in total. The molecule has 1 atom stereocenters. The highest BCUT2D eigenvalue weighted by Crippen LogP contribution is 2.11. The van der Waals surface area contributed by atoms with E-state index in [2.05, 4.69) is 6.92 Å². The molecule has 0 aliphatic carbocycles. The second-order valence-electron chi connectivity index (χ2n) is 3.24. The van der Waals surface area contributed by atoms with Crippen molar-refractivity contribution in [3.8, 4) is 5.92 Å². The Morgan fingerprint density at radius 2 is 2.00 bits per heavy atom. The number of hydrogen-bond acceptors (Lipinski definition) is 1. The third kappa shape index (κ3) is 6.21. The van der Waals surface area contributed by atoms with Gasteiger partial charge in [-0.25, -0.2) is 0 Å². The quantitative estimate of drug-likeness (QED) is 0.484. The molecule has 0 aromatic heterocycles. The zero-order chi connectivity index (χ0) is 10.1. The molecular weight excluding hydrogens is 164 g/mol. The molecule has 1 unspecified atom stereocenters. The van der Waals surface area contributed by atoms with E-state index >= 15 is 0 Å². The van der Waals surface area contributed by atoms with Gasteiger partial charge in [0, 0.05) is 0 Å². The Kier molecular flexibility index (Phi) is 7.10. The van der Waals surface area contributed by atoms with Crippen LogP contribution in [0.5, 0.6) is 0 Å². The molecule has 0 amide bonds. The minimum atomic E-state index is -0.925. The van der Waals surface area contributed by atoms with Crippen LogP contribution in [-0.2, 0) is 4.79 Å². The molecule has 0 saturated carbocycles. The minimum absolute atomic E-state index is 0.558. The maximum absolute atomic E-state index is 10.5. The van der Waals surface area contributed by atoms with E-state index in [9.17, 15) is 4.79 Å². The molecule has 0 bridgehead atoms. The van der Waals surface area contributed by atoms with E-state index < -0.39 is 11.9 Å². The summed E-state index contributed by atoms with van der Waals surface area (Å²) in [5.41, 5.74) is 0. The summed E-state index contributed by atoms with van der Waals surface area (Å²) in [4.78, 5) is 10.5. The van der Waals surface area contributed by atoms with Crippen LogP contribution in [0.25, 0.3) is 0 Å². The van der Waals surface area contributed by atoms with Crippen molar-refractivity contribution in [2.45, 2.75) is 45.4 Å². The number of rotatable bonds is 7. The second kappa shape index (κ2) is 7.67. The fourth-order valence-corrected chi connectivity index (χ4v) is 1.21. The van der Waals surface area contributed by atoms with Gasteiger partial charge in [0.25, 0.3) is 0 Å². The van der Waals surface area contributed by atoms with Crippen LogP contribution >= 0.6 is 0 Å². The molecule has 2 nitrogen and oxygen atoms in total. The maximum Gasteiger partial charge on any atom is 0.318 e. The Balaban J connectivity index is 3.41. The molecule has 0 aromatic rings. The lowest BCUT2D eigenvalue weighted by molar-refractivity contribution is -0.139. The van der Waals surface area contributed by atoms with E-state index in [1.54, 1.807) is 0 Å². The van der Waals surface area contributed by atoms with Gasteiger partial charge in [-0.2, -0.15) is 0 Å². The van der Waals surface area contributed by atoms with Crippen molar-refractivity contribution in [2.24, 2.45) is 5.92 Å². The van der Waals surface area contributed by atoms with Gasteiger partial charge in [-0.1, -0.05) is 44.9 Å². The Hall–Kier alpha value is -0.970. The first-order valence-corrected chi connectivity index (χ1v) is 4.87. The molecule has 13 heavy (non-hydrogen) atoms. The summed E-state index contributed by atoms with van der Waals surface area (Å²) < 4.78 is 0. The van der Waals surface area contributed by atoms with Gasteiger partial charge in [-0.05, 0) is 12.8 Å². The van der Waals surface area contributed by atoms with E-state index in [0.29, 0.717) is 6.42 Å². The zero-order valence-electron chi connectivity index (χ0n) is 8.18. The molecule has 0 saturated heterocycles. The van der Waals surface area contributed by atoms with Gasteiger partial charge in [0.2, 0.25) is 0 Å². The zero-order valence-corrected chi connectivity index (χ0v) is 8.18. The standard InChI is InChI=1S/C11H17O2/c1-3-5-6-7-8-9-10(4-2)11(12)13/h10H,3,5-9H2,1H3,(H,12,13). The Morgan fingerprint density at radius 3 is 2.46 bits per heavy atom. The first-order chi connectivity index (χ1) is 6.22. The second-order valence-corrected chi connectivity index (χ2v) is 3.24. The van der Waals surface area contributed by atoms with Crippen molar-refractivity contribution in [2.75, 3.05) is 0 Å². The normalized spacial score (nSPS) is 12.0. The molecule has 2 heteroatoms. The molecule has 73 valence electrons. The van der Waals surface area contributed by atoms with E-state index in [0.717, 1.165) is 12.8 Å². The van der Waals surface area contributed by atoms with Gasteiger partial charge in [-0.3, -0.25) is 4.79 Å². The van der Waals surface area contributed by atoms with Gasteiger partial charge in [0.1, 0.15) is 5.92 Å². The van der Waals surface area contributed by atoms with Crippen LogP contribution in [0, 0.1) is 18.3 Å². The Morgan fingerprint density at radius 1 is 1.38 bits per heavy atom. The molecule has 0 heterocycles. The van der Waals surface area contributed by atoms with E-state index in [1.807, 2.05) is 5.92 Å². The number of unbranched alkanes of at least 4 members (excludes halogenated alkanes) is 4. The Bertz CT molecular complexity index is 179. The molecular formula is C11H17O2. The van der Waals surface area contributed by atoms with Crippen molar-refractivity contribution < 1.29 is 9.90 Å². The lowest BCUT2D eigenvalue weighted by atomic mass is 10.0. The predicted octanol–water partition coefficient (Wildman–Crippen LogP) is 2.64. The number of hydrogen-bond donors (Lipinski definition) is 1. The van der Waals surface area contributed by atoms with Crippen molar-refractivity contribution in [3.63, 3.8) is 0 Å². The molecule has 0 aromatic carbocycles. The maximum atomic E-state index is 10.5. The SMILES string of the molecule is [C]#CC(CCCCCCC)C(=O)O. The summed E-state index contributed by atoms with van der Waals surface area (Å²) >= 11 is 0. The van der Waals surface area contributed by atoms with Crippen LogP contribution in [-0.4, -0.2) is 11.1 Å². The topological polar surface area (TPSA) is 37.3 Å². The number of carbonyl (C=O) groups is 1. The largest absolute Gasteiger partial charge is 0.480 e. The van der Waals surface area contributed by atoms with Crippen LogP contribution in [0.3, 0.4) is 0 Å². The third-order valence-corrected chi connectivity index (χ3v) is 2.07. The van der Waals surface area contributed by atoms with Crippen molar-refractivity contribution in [1.82, 2.24) is 0 Å². The average molecular weight is 181 g/mol. The highest BCUT2D eigenvalue weighted by atomic mass is 16.4. The lowest BCUT2D eigenvalue weighted by Crippen LogP contribution is -2.10. The van der Waals surface area contributed by atoms with E-state index in [1.165, 1.54) is 19.3 Å². The highest BCUT2D eigenvalue weighted by molar-refractivity contribution is 5.72. The van der Waals surface area contributed by atoms with Crippen LogP contribution < -0.4 is 0 Å². The van der Waals surface area contributed by atoms with E-state index in [4.69, 9.17) is 11.5 Å². The van der Waals surface area contributed by atoms with Gasteiger partial charge >= 0.3 is 5.97 Å². The van der Waals surface area contributed by atoms with Gasteiger partial charge in [0.05, 0.1) is 0 Å². The monoisotopic (exact) mass is 181 g/mol. The Labute approximate surface area is 80.3 Å². The predicted molar refractivity (Wildman–Crippen MR) is 51.6 cm³/mol. The van der Waals surface area contributed by atoms with Crippen LogP contribution in [0.15, 0.2) is 0 Å². The molecule has 0 fully saturated rings. The first kappa shape index (κ1) is 12.0. The minimum Gasteiger partial charge on any atom is -0.480 e. The van der Waals surface area contributed by atoms with Crippen molar-refractivity contribution in [3.05, 3.63) is 6.42 Å². The molecule has 0 aliphatic heterocycles. The lowest BCUT2D eigenvalue weighted by Gasteiger charge is -2.03. The number of carboxylic acid groups (broad SMARTS) is 1. The number of carboxylic acids is 1. The molecule has 0 rings (SSSR count). The summed E-state index contributed by atoms with van der Waals surface area (Å²) in [6, 6.07) is 0. The number of aliphatic carboxylic acids is 1. The van der Waals surface area contributed by atoms with Crippen LogP contribution in [0.4, 0.5) is 0 Å². The molecule has 0 spiro atoms. The highest BCUT2D eigenvalue weighted by Gasteiger charge is 2.12. The van der Waals surface area contributed by atoms with Crippen molar-refractivity contribution >= 4 is 5.97 Å².